The quantitative estimate of drug-likeness (QED) is 0.102. The Morgan fingerprint density at radius 1 is 1.02 bits per heavy atom. The van der Waals surface area contributed by atoms with Crippen molar-refractivity contribution in [2.45, 2.75) is 59.6 Å². The van der Waals surface area contributed by atoms with Crippen molar-refractivity contribution in [2.24, 2.45) is 5.92 Å². The molecule has 0 radical (unpaired) electrons. The molecule has 3 heterocycles. The number of Topliss-reactive ketones (excluding diaryl/α,β-unsaturated/α-hetero) is 1. The lowest BCUT2D eigenvalue weighted by molar-refractivity contribution is -0.132. The van der Waals surface area contributed by atoms with Gasteiger partial charge < -0.3 is 24.1 Å². The summed E-state index contributed by atoms with van der Waals surface area (Å²) in [7, 11) is 0. The molecule has 1 saturated heterocycles. The van der Waals surface area contributed by atoms with Gasteiger partial charge in [0.2, 0.25) is 0 Å². The van der Waals surface area contributed by atoms with E-state index < -0.39 is 17.7 Å². The van der Waals surface area contributed by atoms with E-state index in [0.717, 1.165) is 22.4 Å². The largest absolute Gasteiger partial charge is 0.507 e. The van der Waals surface area contributed by atoms with Crippen LogP contribution in [0.25, 0.3) is 16.0 Å². The summed E-state index contributed by atoms with van der Waals surface area (Å²) in [6.07, 6.45) is 1.57. The van der Waals surface area contributed by atoms with Crippen molar-refractivity contribution in [3.8, 4) is 23.0 Å². The molecule has 0 spiro atoms. The van der Waals surface area contributed by atoms with E-state index in [1.807, 2.05) is 51.1 Å². The molecule has 2 aliphatic heterocycles. The van der Waals surface area contributed by atoms with Crippen LogP contribution in [-0.2, 0) is 16.0 Å². The van der Waals surface area contributed by atoms with Crippen molar-refractivity contribution in [3.63, 3.8) is 0 Å². The van der Waals surface area contributed by atoms with Crippen molar-refractivity contribution in [1.82, 2.24) is 4.98 Å². The van der Waals surface area contributed by atoms with Crippen LogP contribution in [0.5, 0.6) is 23.0 Å². The summed E-state index contributed by atoms with van der Waals surface area (Å²) >= 11 is 1.28. The number of carbonyl (C=O) groups excluding carboxylic acids is 2. The summed E-state index contributed by atoms with van der Waals surface area (Å²) in [6.45, 7) is 11.5. The van der Waals surface area contributed by atoms with Crippen LogP contribution >= 0.6 is 11.3 Å². The molecule has 240 valence electrons. The predicted octanol–water partition coefficient (Wildman–Crippen LogP) is 7.47. The van der Waals surface area contributed by atoms with E-state index in [9.17, 15) is 14.7 Å². The number of aliphatic hydroxyl groups is 1. The van der Waals surface area contributed by atoms with Crippen LogP contribution < -0.4 is 23.8 Å². The van der Waals surface area contributed by atoms with Crippen LogP contribution in [0.2, 0.25) is 0 Å². The summed E-state index contributed by atoms with van der Waals surface area (Å²) in [5.41, 5.74) is 2.58. The molecule has 0 bridgehead atoms. The van der Waals surface area contributed by atoms with Crippen molar-refractivity contribution in [1.29, 1.82) is 0 Å². The minimum absolute atomic E-state index is 0.0125. The highest BCUT2D eigenvalue weighted by molar-refractivity contribution is 7.22. The van der Waals surface area contributed by atoms with Gasteiger partial charge in [-0.05, 0) is 92.8 Å². The Kier molecular flexibility index (Phi) is 8.90. The number of rotatable bonds is 11. The summed E-state index contributed by atoms with van der Waals surface area (Å²) in [5, 5.41) is 12.1. The molecule has 9 nitrogen and oxygen atoms in total. The van der Waals surface area contributed by atoms with E-state index in [-0.39, 0.29) is 17.4 Å². The number of nitrogens with zero attached hydrogens (tertiary/aromatic N) is 2. The van der Waals surface area contributed by atoms with Crippen LogP contribution in [-0.4, -0.2) is 47.7 Å². The molecule has 1 aromatic heterocycles. The number of hydrogen-bond acceptors (Lipinski definition) is 9. The molecular formula is C36H38N2O7S. The highest BCUT2D eigenvalue weighted by atomic mass is 32.1. The second kappa shape index (κ2) is 13.0. The Morgan fingerprint density at radius 2 is 1.83 bits per heavy atom. The fraction of sp³-hybridized carbons (Fsp3) is 0.361. The van der Waals surface area contributed by atoms with Crippen molar-refractivity contribution < 1.29 is 33.6 Å². The van der Waals surface area contributed by atoms with Gasteiger partial charge in [-0.1, -0.05) is 31.3 Å². The first-order valence-corrected chi connectivity index (χ1v) is 16.5. The average molecular weight is 643 g/mol. The van der Waals surface area contributed by atoms with E-state index in [1.54, 1.807) is 24.3 Å². The minimum Gasteiger partial charge on any atom is -0.507 e. The third kappa shape index (κ3) is 6.01. The minimum atomic E-state index is -0.973. The Morgan fingerprint density at radius 3 is 2.59 bits per heavy atom. The lowest BCUT2D eigenvalue weighted by atomic mass is 9.94. The predicted molar refractivity (Wildman–Crippen MR) is 178 cm³/mol. The van der Waals surface area contributed by atoms with Crippen LogP contribution in [0.15, 0.2) is 60.2 Å². The van der Waals surface area contributed by atoms with Crippen molar-refractivity contribution >= 4 is 44.1 Å². The van der Waals surface area contributed by atoms with Crippen LogP contribution in [0.3, 0.4) is 0 Å². The topological polar surface area (TPSA) is 107 Å². The molecule has 1 fully saturated rings. The first-order chi connectivity index (χ1) is 22.2. The molecule has 0 aliphatic carbocycles. The molecule has 0 unspecified atom stereocenters. The molecule has 2 atom stereocenters. The molecule has 2 aliphatic rings. The van der Waals surface area contributed by atoms with Crippen molar-refractivity contribution in [2.75, 3.05) is 24.7 Å². The van der Waals surface area contributed by atoms with Gasteiger partial charge in [0.25, 0.3) is 5.78 Å². The number of anilines is 1. The van der Waals surface area contributed by atoms with Gasteiger partial charge in [-0.2, -0.15) is 0 Å². The van der Waals surface area contributed by atoms with E-state index in [0.29, 0.717) is 71.2 Å². The van der Waals surface area contributed by atoms with Gasteiger partial charge in [0.1, 0.15) is 23.4 Å². The van der Waals surface area contributed by atoms with Crippen LogP contribution in [0, 0.1) is 5.92 Å². The van der Waals surface area contributed by atoms with Gasteiger partial charge in [0, 0.05) is 12.0 Å². The fourth-order valence-electron chi connectivity index (χ4n) is 5.81. The zero-order valence-corrected chi connectivity index (χ0v) is 27.5. The number of thiazole rings is 1. The number of hydrogen-bond donors (Lipinski definition) is 1. The zero-order chi connectivity index (χ0) is 32.5. The first-order valence-electron chi connectivity index (χ1n) is 15.7. The third-order valence-corrected chi connectivity index (χ3v) is 9.03. The number of benzene rings is 3. The van der Waals surface area contributed by atoms with E-state index >= 15 is 0 Å². The summed E-state index contributed by atoms with van der Waals surface area (Å²) in [6, 6.07) is 15.3. The summed E-state index contributed by atoms with van der Waals surface area (Å²) < 4.78 is 24.4. The second-order valence-corrected chi connectivity index (χ2v) is 12.9. The zero-order valence-electron chi connectivity index (χ0n) is 26.7. The number of fused-ring (bicyclic) bond motifs is 2. The highest BCUT2D eigenvalue weighted by Crippen LogP contribution is 2.46. The lowest BCUT2D eigenvalue weighted by Gasteiger charge is -2.24. The molecule has 0 saturated carbocycles. The first kappa shape index (κ1) is 31.4. The molecule has 46 heavy (non-hydrogen) atoms. The van der Waals surface area contributed by atoms with Gasteiger partial charge >= 0.3 is 5.91 Å². The SMILES string of the molecule is CCOc1ccc2nc(N3C(=O)C(=O)C(=C(O)c4ccc5c(c4)C[C@@H](C)O5)[C@@H]3c3ccc(OCCC(C)C)c(OCC)c3)sc2c1. The third-order valence-electron chi connectivity index (χ3n) is 8.02. The van der Waals surface area contributed by atoms with Crippen molar-refractivity contribution in [3.05, 3.63) is 76.9 Å². The Balaban J connectivity index is 1.49. The van der Waals surface area contributed by atoms with E-state index in [1.165, 1.54) is 16.2 Å². The average Bonchev–Trinajstić information content (AvgIpc) is 3.69. The lowest BCUT2D eigenvalue weighted by Crippen LogP contribution is -2.29. The number of ether oxygens (including phenoxy) is 4. The van der Waals surface area contributed by atoms with E-state index in [4.69, 9.17) is 23.9 Å². The molecule has 6 rings (SSSR count). The van der Waals surface area contributed by atoms with Gasteiger partial charge in [0.05, 0.1) is 41.7 Å². The molecule has 1 N–H and O–H groups in total. The summed E-state index contributed by atoms with van der Waals surface area (Å²) in [5.74, 6) is 1.14. The Labute approximate surface area is 272 Å². The number of ketones is 1. The van der Waals surface area contributed by atoms with Gasteiger partial charge in [-0.25, -0.2) is 4.98 Å². The van der Waals surface area contributed by atoms with Gasteiger partial charge in [0.15, 0.2) is 16.6 Å². The standard InChI is InChI=1S/C36H38N2O7S/c1-6-42-25-10-11-26-30(19-25)46-36(37-26)38-32(22-8-13-28(29(18-22)43-7-2)44-15-14-20(3)4)31(34(40)35(38)41)33(39)23-9-12-27-24(17-23)16-21(5)45-27/h8-13,17-21,32,39H,6-7,14-16H2,1-5H3/t21-,32+/m1/s1. The molecule has 3 aromatic carbocycles. The smallest absolute Gasteiger partial charge is 0.301 e. The molecule has 1 amide bonds. The molecule has 10 heteroatoms. The second-order valence-electron chi connectivity index (χ2n) is 11.9. The maximum atomic E-state index is 13.9. The van der Waals surface area contributed by atoms with Gasteiger partial charge in [-0.15, -0.1) is 0 Å². The Bertz CT molecular complexity index is 1830. The highest BCUT2D eigenvalue weighted by Gasteiger charge is 2.48. The molecular weight excluding hydrogens is 604 g/mol. The molecule has 4 aromatic rings. The number of aliphatic hydroxyl groups excluding tert-OH is 1. The number of aromatic nitrogens is 1. The monoisotopic (exact) mass is 642 g/mol. The number of carbonyl (C=O) groups is 2. The normalized spacial score (nSPS) is 18.7. The van der Waals surface area contributed by atoms with Gasteiger partial charge in [-0.3, -0.25) is 14.5 Å². The van der Waals surface area contributed by atoms with Crippen LogP contribution in [0.4, 0.5) is 5.13 Å². The van der Waals surface area contributed by atoms with Crippen LogP contribution in [0.1, 0.15) is 63.8 Å². The Hall–Kier alpha value is -4.57. The maximum absolute atomic E-state index is 13.9. The number of amides is 1. The van der Waals surface area contributed by atoms with E-state index in [2.05, 4.69) is 13.8 Å². The maximum Gasteiger partial charge on any atom is 0.301 e. The summed E-state index contributed by atoms with van der Waals surface area (Å²) in [4.78, 5) is 33.9. The fourth-order valence-corrected chi connectivity index (χ4v) is 6.83.